The second-order valence-electron chi connectivity index (χ2n) is 11.2. The number of phenolic OH excluding ortho intramolecular Hbond substituents is 1. The van der Waals surface area contributed by atoms with Crippen molar-refractivity contribution in [1.82, 2.24) is 9.80 Å². The average Bonchev–Trinajstić information content (AvgIpc) is 3.26. The summed E-state index contributed by atoms with van der Waals surface area (Å²) >= 11 is 0. The molecule has 0 radical (unpaired) electrons. The van der Waals surface area contributed by atoms with Gasteiger partial charge in [0.1, 0.15) is 6.10 Å². The molecule has 3 aromatic carbocycles. The largest absolute Gasteiger partial charge is 0.504 e. The van der Waals surface area contributed by atoms with Crippen LogP contribution in [0.5, 0.6) is 11.5 Å². The van der Waals surface area contributed by atoms with E-state index in [4.69, 9.17) is 4.74 Å². The maximum atomic E-state index is 13.8. The van der Waals surface area contributed by atoms with Gasteiger partial charge >= 0.3 is 0 Å². The Kier molecular flexibility index (Phi) is 4.83. The summed E-state index contributed by atoms with van der Waals surface area (Å²) in [7, 11) is 1.85. The van der Waals surface area contributed by atoms with Gasteiger partial charge in [0.15, 0.2) is 11.5 Å². The van der Waals surface area contributed by atoms with Crippen molar-refractivity contribution in [2.24, 2.45) is 0 Å². The lowest BCUT2D eigenvalue weighted by atomic mass is 9.48. The van der Waals surface area contributed by atoms with Crippen LogP contribution >= 0.6 is 0 Å². The third-order valence-electron chi connectivity index (χ3n) is 9.72. The van der Waals surface area contributed by atoms with Crippen molar-refractivity contribution < 1.29 is 19.7 Å². The first kappa shape index (κ1) is 22.8. The van der Waals surface area contributed by atoms with Gasteiger partial charge in [0, 0.05) is 30.8 Å². The predicted octanol–water partition coefficient (Wildman–Crippen LogP) is 4.03. The van der Waals surface area contributed by atoms with E-state index >= 15 is 0 Å². The number of piperidine rings is 1. The molecular weight excluding hydrogens is 464 g/mol. The molecule has 2 fully saturated rings. The molecule has 4 aliphatic rings. The number of phenols is 1. The summed E-state index contributed by atoms with van der Waals surface area (Å²) < 4.78 is 6.62. The van der Waals surface area contributed by atoms with Crippen molar-refractivity contribution >= 4 is 16.7 Å². The number of likely N-dealkylation sites (N-methyl/N-ethyl adjacent to an activating group) is 1. The van der Waals surface area contributed by atoms with Crippen molar-refractivity contribution in [2.45, 2.75) is 54.9 Å². The Morgan fingerprint density at radius 3 is 2.81 bits per heavy atom. The van der Waals surface area contributed by atoms with Crippen LogP contribution < -0.4 is 4.74 Å². The van der Waals surface area contributed by atoms with E-state index in [9.17, 15) is 15.0 Å². The molecule has 2 aliphatic carbocycles. The highest BCUT2D eigenvalue weighted by Crippen LogP contribution is 2.65. The fourth-order valence-corrected chi connectivity index (χ4v) is 8.06. The molecule has 1 saturated heterocycles. The van der Waals surface area contributed by atoms with Gasteiger partial charge in [-0.2, -0.15) is 0 Å². The lowest BCUT2D eigenvalue weighted by Gasteiger charge is -2.64. The second kappa shape index (κ2) is 7.83. The van der Waals surface area contributed by atoms with Crippen molar-refractivity contribution in [3.8, 4) is 11.5 Å². The highest BCUT2D eigenvalue weighted by molar-refractivity contribution is 5.98. The molecule has 7 rings (SSSR count). The van der Waals surface area contributed by atoms with E-state index in [2.05, 4.69) is 11.5 Å². The molecule has 1 amide bonds. The second-order valence-corrected chi connectivity index (χ2v) is 11.2. The fraction of sp³-hybridized carbons (Fsp3) is 0.387. The van der Waals surface area contributed by atoms with Gasteiger partial charge in [0.25, 0.3) is 5.91 Å². The predicted molar refractivity (Wildman–Crippen MR) is 142 cm³/mol. The number of ether oxygens (including phenoxy) is 1. The summed E-state index contributed by atoms with van der Waals surface area (Å²) in [6, 6.07) is 17.3. The summed E-state index contributed by atoms with van der Waals surface area (Å²) in [6.45, 7) is 5.47. The van der Waals surface area contributed by atoms with Crippen LogP contribution in [0.4, 0.5) is 0 Å². The summed E-state index contributed by atoms with van der Waals surface area (Å²) in [5.74, 6) is 0.548. The van der Waals surface area contributed by atoms with Gasteiger partial charge in [-0.25, -0.2) is 0 Å². The molecule has 0 aromatic heterocycles. The molecule has 5 atom stereocenters. The number of amides is 1. The lowest BCUT2D eigenvalue weighted by molar-refractivity contribution is -0.195. The highest BCUT2D eigenvalue weighted by atomic mass is 16.5. The first-order valence-electron chi connectivity index (χ1n) is 13.2. The van der Waals surface area contributed by atoms with Crippen LogP contribution in [0, 0.1) is 0 Å². The normalized spacial score (nSPS) is 31.5. The van der Waals surface area contributed by atoms with Crippen LogP contribution in [-0.2, 0) is 11.8 Å². The Hall–Kier alpha value is -3.35. The van der Waals surface area contributed by atoms with Crippen LogP contribution in [0.3, 0.4) is 0 Å². The molecule has 1 saturated carbocycles. The van der Waals surface area contributed by atoms with Gasteiger partial charge in [-0.1, -0.05) is 42.5 Å². The van der Waals surface area contributed by atoms with Gasteiger partial charge < -0.3 is 19.8 Å². The topological polar surface area (TPSA) is 73.2 Å². The SMILES string of the molecule is C=CCN1CC[C@]23c4c5ccc(O)c4O[C@H]2[C@H](N(C)C(=O)c2ccc4ccccc4c2)CC[C@@]3(O)[C@H]1C5. The van der Waals surface area contributed by atoms with Gasteiger partial charge in [-0.05, 0) is 66.8 Å². The van der Waals surface area contributed by atoms with Crippen LogP contribution in [0.15, 0.2) is 67.3 Å². The maximum absolute atomic E-state index is 13.8. The van der Waals surface area contributed by atoms with E-state index in [1.807, 2.05) is 66.6 Å². The molecular formula is C31H32N2O4. The van der Waals surface area contributed by atoms with Crippen molar-refractivity contribution in [1.29, 1.82) is 0 Å². The smallest absolute Gasteiger partial charge is 0.253 e. The molecule has 2 heterocycles. The number of carbonyl (C=O) groups excluding carboxylic acids is 1. The fourth-order valence-electron chi connectivity index (χ4n) is 8.06. The third kappa shape index (κ3) is 2.85. The molecule has 2 aliphatic heterocycles. The van der Waals surface area contributed by atoms with E-state index in [1.54, 1.807) is 6.07 Å². The zero-order valence-corrected chi connectivity index (χ0v) is 21.1. The van der Waals surface area contributed by atoms with E-state index in [0.717, 1.165) is 35.0 Å². The maximum Gasteiger partial charge on any atom is 0.253 e. The summed E-state index contributed by atoms with van der Waals surface area (Å²) in [5, 5.41) is 25.5. The quantitative estimate of drug-likeness (QED) is 0.534. The molecule has 6 heteroatoms. The molecule has 190 valence electrons. The van der Waals surface area contributed by atoms with E-state index in [1.165, 1.54) is 0 Å². The van der Waals surface area contributed by atoms with Crippen LogP contribution in [0.1, 0.15) is 40.7 Å². The van der Waals surface area contributed by atoms with Gasteiger partial charge in [-0.3, -0.25) is 9.69 Å². The minimum Gasteiger partial charge on any atom is -0.504 e. The number of aromatic hydroxyl groups is 1. The van der Waals surface area contributed by atoms with Crippen LogP contribution in [-0.4, -0.2) is 69.8 Å². The molecule has 2 N–H and O–H groups in total. The molecule has 0 unspecified atom stereocenters. The number of hydrogen-bond donors (Lipinski definition) is 2. The zero-order valence-electron chi connectivity index (χ0n) is 21.1. The van der Waals surface area contributed by atoms with Crippen molar-refractivity contribution in [3.05, 3.63) is 83.9 Å². The van der Waals surface area contributed by atoms with Gasteiger partial charge in [0.2, 0.25) is 0 Å². The van der Waals surface area contributed by atoms with E-state index < -0.39 is 17.1 Å². The highest BCUT2D eigenvalue weighted by Gasteiger charge is 2.73. The summed E-state index contributed by atoms with van der Waals surface area (Å²) in [6.07, 6.45) is 4.08. The van der Waals surface area contributed by atoms with Crippen molar-refractivity contribution in [3.63, 3.8) is 0 Å². The minimum atomic E-state index is -1.01. The van der Waals surface area contributed by atoms with Crippen LogP contribution in [0.25, 0.3) is 10.8 Å². The van der Waals surface area contributed by atoms with Gasteiger partial charge in [0.05, 0.1) is 17.1 Å². The Balaban J connectivity index is 1.31. The van der Waals surface area contributed by atoms with E-state index in [0.29, 0.717) is 37.0 Å². The summed E-state index contributed by atoms with van der Waals surface area (Å²) in [4.78, 5) is 18.0. The molecule has 2 bridgehead atoms. The Labute approximate surface area is 216 Å². The van der Waals surface area contributed by atoms with Crippen molar-refractivity contribution in [2.75, 3.05) is 20.1 Å². The van der Waals surface area contributed by atoms with Crippen LogP contribution in [0.2, 0.25) is 0 Å². The monoisotopic (exact) mass is 496 g/mol. The minimum absolute atomic E-state index is 0.0574. The first-order valence-corrected chi connectivity index (χ1v) is 13.2. The number of rotatable bonds is 4. The van der Waals surface area contributed by atoms with Gasteiger partial charge in [-0.15, -0.1) is 6.58 Å². The Morgan fingerprint density at radius 1 is 1.19 bits per heavy atom. The molecule has 37 heavy (non-hydrogen) atoms. The lowest BCUT2D eigenvalue weighted by Crippen LogP contribution is -2.78. The number of benzene rings is 3. The number of carbonyl (C=O) groups is 1. The standard InChI is InChI=1S/C31H32N2O4/c1-3-15-33-16-14-30-26-21-10-11-24(34)27(26)37-28(30)23(12-13-31(30,36)25(33)18-21)32(2)29(35)22-9-8-19-6-4-5-7-20(19)17-22/h3-11,17,23,25,28,34,36H,1,12-16,18H2,2H3/t23-,25-,28+,30+,31-/m1/s1. The third-order valence-corrected chi connectivity index (χ3v) is 9.72. The number of fused-ring (bicyclic) bond motifs is 1. The Bertz CT molecular complexity index is 1450. The number of aliphatic hydroxyl groups is 1. The average molecular weight is 497 g/mol. The molecule has 6 nitrogen and oxygen atoms in total. The Morgan fingerprint density at radius 2 is 2.00 bits per heavy atom. The number of hydrogen-bond acceptors (Lipinski definition) is 5. The molecule has 3 aromatic rings. The number of nitrogens with zero attached hydrogens (tertiary/aromatic N) is 2. The summed E-state index contributed by atoms with van der Waals surface area (Å²) in [5.41, 5.74) is 1.06. The first-order chi connectivity index (χ1) is 17.9. The zero-order chi connectivity index (χ0) is 25.5. The van der Waals surface area contributed by atoms with E-state index in [-0.39, 0.29) is 23.7 Å². The molecule has 1 spiro atoms. The number of likely N-dealkylation sites (tertiary alicyclic amines) is 1.